The molecule has 0 unspecified atom stereocenters. The van der Waals surface area contributed by atoms with E-state index in [2.05, 4.69) is 0 Å². The third-order valence-corrected chi connectivity index (χ3v) is 2.48. The van der Waals surface area contributed by atoms with Crippen LogP contribution >= 0.6 is 11.6 Å². The summed E-state index contributed by atoms with van der Waals surface area (Å²) < 4.78 is 1.91. The Hall–Kier alpha value is -1.48. The number of hydrogen-bond acceptors (Lipinski definition) is 1. The smallest absolute Gasteiger partial charge is 0.124 e. The molecule has 0 aliphatic carbocycles. The van der Waals surface area contributed by atoms with Crippen LogP contribution in [0.4, 0.5) is 0 Å². The van der Waals surface area contributed by atoms with Crippen LogP contribution in [0.2, 0.25) is 5.02 Å². The Morgan fingerprint density at radius 3 is 2.86 bits per heavy atom. The lowest BCUT2D eigenvalue weighted by molar-refractivity contribution is 0.967. The van der Waals surface area contributed by atoms with Gasteiger partial charge in [-0.1, -0.05) is 17.7 Å². The van der Waals surface area contributed by atoms with E-state index < -0.39 is 0 Å². The van der Waals surface area contributed by atoms with Crippen LogP contribution < -0.4 is 5.73 Å². The van der Waals surface area contributed by atoms with Crippen molar-refractivity contribution >= 4 is 28.3 Å². The molecule has 1 aromatic carbocycles. The summed E-state index contributed by atoms with van der Waals surface area (Å²) in [7, 11) is 1.91. The molecule has 0 fully saturated rings. The Balaban J connectivity index is 2.84. The number of nitrogens with one attached hydrogen (secondary N) is 1. The molecule has 0 spiro atoms. The number of amidine groups is 1. The van der Waals surface area contributed by atoms with Gasteiger partial charge < -0.3 is 10.3 Å². The Bertz CT molecular complexity index is 513. The number of halogens is 1. The molecule has 0 atom stereocenters. The van der Waals surface area contributed by atoms with Gasteiger partial charge in [0.1, 0.15) is 5.84 Å². The first-order chi connectivity index (χ1) is 6.59. The van der Waals surface area contributed by atoms with Gasteiger partial charge in [0.25, 0.3) is 0 Å². The third kappa shape index (κ3) is 1.26. The van der Waals surface area contributed by atoms with Crippen molar-refractivity contribution in [3.63, 3.8) is 0 Å². The summed E-state index contributed by atoms with van der Waals surface area (Å²) in [5.74, 6) is 0.0814. The molecule has 3 N–H and O–H groups in total. The maximum atomic E-state index is 7.42. The van der Waals surface area contributed by atoms with Crippen molar-refractivity contribution < 1.29 is 0 Å². The number of aryl methyl sites for hydroxylation is 1. The minimum absolute atomic E-state index is 0.0814. The summed E-state index contributed by atoms with van der Waals surface area (Å²) in [4.78, 5) is 0. The lowest BCUT2D eigenvalue weighted by Crippen LogP contribution is -2.10. The first-order valence-electron chi connectivity index (χ1n) is 4.18. The molecule has 14 heavy (non-hydrogen) atoms. The van der Waals surface area contributed by atoms with Crippen LogP contribution in [-0.4, -0.2) is 10.4 Å². The number of nitrogens with two attached hydrogens (primary N) is 1. The average molecular weight is 208 g/mol. The Morgan fingerprint density at radius 1 is 1.50 bits per heavy atom. The first-order valence-corrected chi connectivity index (χ1v) is 4.56. The third-order valence-electron chi connectivity index (χ3n) is 2.24. The average Bonchev–Trinajstić information content (AvgIpc) is 2.44. The van der Waals surface area contributed by atoms with Crippen LogP contribution in [0.1, 0.15) is 5.56 Å². The second-order valence-corrected chi connectivity index (χ2v) is 3.67. The second kappa shape index (κ2) is 3.03. The summed E-state index contributed by atoms with van der Waals surface area (Å²) in [6.07, 6.45) is 1.84. The molecule has 1 aromatic heterocycles. The number of benzene rings is 1. The molecule has 1 heterocycles. The molecule has 0 aliphatic rings. The van der Waals surface area contributed by atoms with Gasteiger partial charge in [-0.25, -0.2) is 0 Å². The quantitative estimate of drug-likeness (QED) is 0.546. The van der Waals surface area contributed by atoms with Gasteiger partial charge >= 0.3 is 0 Å². The van der Waals surface area contributed by atoms with E-state index in [1.165, 1.54) is 0 Å². The van der Waals surface area contributed by atoms with Crippen molar-refractivity contribution in [3.8, 4) is 0 Å². The van der Waals surface area contributed by atoms with Crippen molar-refractivity contribution in [1.29, 1.82) is 5.41 Å². The molecule has 0 saturated carbocycles. The lowest BCUT2D eigenvalue weighted by atomic mass is 10.1. The van der Waals surface area contributed by atoms with Gasteiger partial charge in [0, 0.05) is 34.7 Å². The standard InChI is InChI=1S/C10H10ClN3/c1-14-5-8(10(12)13)7-3-2-6(11)4-9(7)14/h2-5H,1H3,(H3,12,13). The van der Waals surface area contributed by atoms with E-state index in [1.807, 2.05) is 29.9 Å². The highest BCUT2D eigenvalue weighted by atomic mass is 35.5. The van der Waals surface area contributed by atoms with Crippen LogP contribution in [-0.2, 0) is 7.05 Å². The maximum Gasteiger partial charge on any atom is 0.124 e. The fourth-order valence-corrected chi connectivity index (χ4v) is 1.74. The Labute approximate surface area is 86.6 Å². The molecule has 0 amide bonds. The van der Waals surface area contributed by atoms with Crippen LogP contribution in [0.5, 0.6) is 0 Å². The molecule has 72 valence electrons. The van der Waals surface area contributed by atoms with Gasteiger partial charge in [-0.2, -0.15) is 0 Å². The highest BCUT2D eigenvalue weighted by Gasteiger charge is 2.08. The van der Waals surface area contributed by atoms with E-state index in [1.54, 1.807) is 6.07 Å². The summed E-state index contributed by atoms with van der Waals surface area (Å²) >= 11 is 5.88. The number of aromatic nitrogens is 1. The molecule has 4 heteroatoms. The number of nitrogens with zero attached hydrogens (tertiary/aromatic N) is 1. The van der Waals surface area contributed by atoms with Crippen LogP contribution in [0.25, 0.3) is 10.9 Å². The predicted octanol–water partition coefficient (Wildman–Crippen LogP) is 2.12. The Kier molecular flexibility index (Phi) is 1.97. The molecule has 2 aromatic rings. The zero-order chi connectivity index (χ0) is 10.3. The van der Waals surface area contributed by atoms with E-state index in [4.69, 9.17) is 22.7 Å². The van der Waals surface area contributed by atoms with Crippen molar-refractivity contribution in [2.45, 2.75) is 0 Å². The number of rotatable bonds is 1. The molecular weight excluding hydrogens is 198 g/mol. The van der Waals surface area contributed by atoms with Crippen molar-refractivity contribution in [3.05, 3.63) is 35.0 Å². The topological polar surface area (TPSA) is 54.8 Å². The van der Waals surface area contributed by atoms with Gasteiger partial charge in [0.15, 0.2) is 0 Å². The molecule has 0 bridgehead atoms. The van der Waals surface area contributed by atoms with Gasteiger partial charge in [-0.3, -0.25) is 5.41 Å². The normalized spacial score (nSPS) is 10.7. The summed E-state index contributed by atoms with van der Waals surface area (Å²) in [6, 6.07) is 5.55. The summed E-state index contributed by atoms with van der Waals surface area (Å²) in [5, 5.41) is 9.07. The van der Waals surface area contributed by atoms with E-state index in [-0.39, 0.29) is 5.84 Å². The maximum absolute atomic E-state index is 7.42. The minimum Gasteiger partial charge on any atom is -0.384 e. The molecule has 0 saturated heterocycles. The van der Waals surface area contributed by atoms with Crippen LogP contribution in [0.15, 0.2) is 24.4 Å². The zero-order valence-electron chi connectivity index (χ0n) is 7.71. The number of hydrogen-bond donors (Lipinski definition) is 2. The monoisotopic (exact) mass is 207 g/mol. The van der Waals surface area contributed by atoms with Gasteiger partial charge in [-0.15, -0.1) is 0 Å². The zero-order valence-corrected chi connectivity index (χ0v) is 8.47. The Morgan fingerprint density at radius 2 is 2.21 bits per heavy atom. The molecule has 0 aliphatic heterocycles. The second-order valence-electron chi connectivity index (χ2n) is 3.23. The van der Waals surface area contributed by atoms with Crippen LogP contribution in [0.3, 0.4) is 0 Å². The van der Waals surface area contributed by atoms with Crippen molar-refractivity contribution in [2.24, 2.45) is 12.8 Å². The fourth-order valence-electron chi connectivity index (χ4n) is 1.57. The van der Waals surface area contributed by atoms with E-state index in [0.29, 0.717) is 5.02 Å². The summed E-state index contributed by atoms with van der Waals surface area (Å²) in [6.45, 7) is 0. The highest BCUT2D eigenvalue weighted by Crippen LogP contribution is 2.23. The number of nitrogen functional groups attached to an aromatic ring is 1. The largest absolute Gasteiger partial charge is 0.384 e. The van der Waals surface area contributed by atoms with Crippen molar-refractivity contribution in [2.75, 3.05) is 0 Å². The minimum atomic E-state index is 0.0814. The first kappa shape index (κ1) is 9.09. The SMILES string of the molecule is Cn1cc(C(=N)N)c2ccc(Cl)cc21. The lowest BCUT2D eigenvalue weighted by Gasteiger charge is -1.96. The fraction of sp³-hybridized carbons (Fsp3) is 0.100. The van der Waals surface area contributed by atoms with Gasteiger partial charge in [-0.05, 0) is 12.1 Å². The van der Waals surface area contributed by atoms with Crippen LogP contribution in [0, 0.1) is 5.41 Å². The van der Waals surface area contributed by atoms with E-state index in [9.17, 15) is 0 Å². The van der Waals surface area contributed by atoms with Gasteiger partial charge in [0.05, 0.1) is 0 Å². The molecule has 0 radical (unpaired) electrons. The summed E-state index contributed by atoms with van der Waals surface area (Å²) in [5.41, 5.74) is 7.21. The van der Waals surface area contributed by atoms with Crippen molar-refractivity contribution in [1.82, 2.24) is 4.57 Å². The van der Waals surface area contributed by atoms with Gasteiger partial charge in [0.2, 0.25) is 0 Å². The van der Waals surface area contributed by atoms with E-state index in [0.717, 1.165) is 16.5 Å². The number of fused-ring (bicyclic) bond motifs is 1. The molecule has 2 rings (SSSR count). The predicted molar refractivity (Wildman–Crippen MR) is 58.9 cm³/mol. The molecular formula is C10H10ClN3. The van der Waals surface area contributed by atoms with E-state index >= 15 is 0 Å². The highest BCUT2D eigenvalue weighted by molar-refractivity contribution is 6.31. The molecule has 3 nitrogen and oxygen atoms in total.